The predicted octanol–water partition coefficient (Wildman–Crippen LogP) is 7.52. The van der Waals surface area contributed by atoms with Crippen molar-refractivity contribution in [2.75, 3.05) is 19.8 Å². The van der Waals surface area contributed by atoms with Crippen LogP contribution in [-0.2, 0) is 14.2 Å². The molecule has 1 heterocycles. The first-order valence-electron chi connectivity index (χ1n) is 13.8. The number of benzene rings is 2. The van der Waals surface area contributed by atoms with Crippen LogP contribution < -0.4 is 4.74 Å². The van der Waals surface area contributed by atoms with E-state index in [1.54, 1.807) is 36.4 Å². The molecule has 202 valence electrons. The first-order valence-corrected chi connectivity index (χ1v) is 13.8. The van der Waals surface area contributed by atoms with E-state index in [0.29, 0.717) is 48.5 Å². The normalized spacial score (nSPS) is 18.2. The zero-order valence-electron chi connectivity index (χ0n) is 22.6. The largest absolute Gasteiger partial charge is 0.462 e. The summed E-state index contributed by atoms with van der Waals surface area (Å²) in [5.74, 6) is 0.630. The average molecular weight is 511 g/mol. The first kappa shape index (κ1) is 28.9. The molecule has 1 unspecified atom stereocenters. The molecule has 0 amide bonds. The number of carbonyl (C=O) groups excluding carboxylic acids is 2. The van der Waals surface area contributed by atoms with Gasteiger partial charge in [0.15, 0.2) is 6.29 Å². The zero-order chi connectivity index (χ0) is 26.5. The Morgan fingerprint density at radius 1 is 0.838 bits per heavy atom. The minimum atomic E-state index is -0.468. The van der Waals surface area contributed by atoms with Crippen LogP contribution in [0.25, 0.3) is 0 Å². The van der Waals surface area contributed by atoms with E-state index in [1.807, 2.05) is 12.1 Å². The maximum Gasteiger partial charge on any atom is 0.343 e. The van der Waals surface area contributed by atoms with Crippen LogP contribution in [0.15, 0.2) is 48.5 Å². The van der Waals surface area contributed by atoms with Crippen molar-refractivity contribution in [3.8, 4) is 5.75 Å². The fraction of sp³-hybridized carbons (Fsp3) is 0.548. The molecule has 0 saturated carbocycles. The summed E-state index contributed by atoms with van der Waals surface area (Å²) in [7, 11) is 0. The molecule has 6 heteroatoms. The molecule has 2 aromatic carbocycles. The summed E-state index contributed by atoms with van der Waals surface area (Å²) in [5.41, 5.74) is 1.74. The number of ether oxygens (including phenoxy) is 4. The number of rotatable bonds is 14. The van der Waals surface area contributed by atoms with Gasteiger partial charge in [0.2, 0.25) is 0 Å². The molecule has 0 spiro atoms. The van der Waals surface area contributed by atoms with Crippen LogP contribution in [0.1, 0.15) is 105 Å². The molecule has 0 bridgehead atoms. The molecule has 37 heavy (non-hydrogen) atoms. The quantitative estimate of drug-likeness (QED) is 0.149. The molecular weight excluding hydrogens is 468 g/mol. The van der Waals surface area contributed by atoms with E-state index in [4.69, 9.17) is 18.9 Å². The third-order valence-electron chi connectivity index (χ3n) is 6.85. The highest BCUT2D eigenvalue weighted by atomic mass is 16.7. The fourth-order valence-corrected chi connectivity index (χ4v) is 4.34. The number of hydrogen-bond donors (Lipinski definition) is 0. The molecule has 1 aliphatic heterocycles. The number of carbonyl (C=O) groups is 2. The van der Waals surface area contributed by atoms with Crippen molar-refractivity contribution < 1.29 is 28.5 Å². The van der Waals surface area contributed by atoms with Gasteiger partial charge in [-0.2, -0.15) is 0 Å². The van der Waals surface area contributed by atoms with Gasteiger partial charge in [-0.3, -0.25) is 0 Å². The van der Waals surface area contributed by atoms with Crippen LogP contribution >= 0.6 is 0 Å². The summed E-state index contributed by atoms with van der Waals surface area (Å²) in [6, 6.07) is 13.5. The van der Waals surface area contributed by atoms with E-state index in [9.17, 15) is 9.59 Å². The Hall–Kier alpha value is -2.70. The zero-order valence-corrected chi connectivity index (χ0v) is 22.6. The topological polar surface area (TPSA) is 71.1 Å². The molecule has 1 fully saturated rings. The standard InChI is InChI=1S/C31H42O6/c1-4-6-7-8-9-10-19-34-29(32)25-15-17-28(18-16-25)37-30(33)26-11-13-27(14-12-26)31-35-21-24(22-36-31)20-23(3)5-2/h11-18,23-24,31H,4-10,19-22H2,1-3H3. The van der Waals surface area contributed by atoms with Crippen LogP contribution in [0.2, 0.25) is 0 Å². The Morgan fingerprint density at radius 3 is 2.08 bits per heavy atom. The van der Waals surface area contributed by atoms with Crippen molar-refractivity contribution in [3.63, 3.8) is 0 Å². The first-order chi connectivity index (χ1) is 18.0. The molecule has 6 nitrogen and oxygen atoms in total. The van der Waals surface area contributed by atoms with Crippen molar-refractivity contribution in [2.45, 2.75) is 78.4 Å². The minimum Gasteiger partial charge on any atom is -0.462 e. The van der Waals surface area contributed by atoms with Gasteiger partial charge in [-0.05, 0) is 55.2 Å². The predicted molar refractivity (Wildman–Crippen MR) is 144 cm³/mol. The Morgan fingerprint density at radius 2 is 1.43 bits per heavy atom. The Kier molecular flexibility index (Phi) is 12.1. The van der Waals surface area contributed by atoms with Crippen molar-refractivity contribution in [2.24, 2.45) is 11.8 Å². The molecule has 0 N–H and O–H groups in total. The van der Waals surface area contributed by atoms with Gasteiger partial charge < -0.3 is 18.9 Å². The van der Waals surface area contributed by atoms with Gasteiger partial charge in [-0.1, -0.05) is 71.4 Å². The number of hydrogen-bond acceptors (Lipinski definition) is 6. The van der Waals surface area contributed by atoms with Crippen molar-refractivity contribution in [1.82, 2.24) is 0 Å². The third kappa shape index (κ3) is 9.60. The molecule has 0 aliphatic carbocycles. The smallest absolute Gasteiger partial charge is 0.343 e. The van der Waals surface area contributed by atoms with E-state index in [0.717, 1.165) is 31.2 Å². The molecular formula is C31H42O6. The van der Waals surface area contributed by atoms with E-state index < -0.39 is 12.3 Å². The lowest BCUT2D eigenvalue weighted by atomic mass is 9.94. The summed E-state index contributed by atoms with van der Waals surface area (Å²) in [6.07, 6.45) is 8.69. The van der Waals surface area contributed by atoms with Gasteiger partial charge in [0.25, 0.3) is 0 Å². The maximum absolute atomic E-state index is 12.6. The molecule has 0 aromatic heterocycles. The second kappa shape index (κ2) is 15.5. The molecule has 1 aliphatic rings. The second-order valence-electron chi connectivity index (χ2n) is 10.1. The maximum atomic E-state index is 12.6. The second-order valence-corrected chi connectivity index (χ2v) is 10.1. The third-order valence-corrected chi connectivity index (χ3v) is 6.85. The van der Waals surface area contributed by atoms with E-state index >= 15 is 0 Å². The van der Waals surface area contributed by atoms with E-state index in [2.05, 4.69) is 20.8 Å². The summed E-state index contributed by atoms with van der Waals surface area (Å²) in [5, 5.41) is 0. The van der Waals surface area contributed by atoms with Gasteiger partial charge in [-0.15, -0.1) is 0 Å². The van der Waals surface area contributed by atoms with Gasteiger partial charge >= 0.3 is 11.9 Å². The van der Waals surface area contributed by atoms with Crippen molar-refractivity contribution >= 4 is 11.9 Å². The lowest BCUT2D eigenvalue weighted by Gasteiger charge is -2.30. The Balaban J connectivity index is 1.41. The van der Waals surface area contributed by atoms with Crippen LogP contribution in [0, 0.1) is 11.8 Å². The van der Waals surface area contributed by atoms with Gasteiger partial charge in [-0.25, -0.2) is 9.59 Å². The molecule has 0 radical (unpaired) electrons. The van der Waals surface area contributed by atoms with Gasteiger partial charge in [0.1, 0.15) is 5.75 Å². The fourth-order valence-electron chi connectivity index (χ4n) is 4.34. The van der Waals surface area contributed by atoms with E-state index in [-0.39, 0.29) is 5.97 Å². The lowest BCUT2D eigenvalue weighted by molar-refractivity contribution is -0.207. The highest BCUT2D eigenvalue weighted by Gasteiger charge is 2.25. The highest BCUT2D eigenvalue weighted by molar-refractivity contribution is 5.92. The van der Waals surface area contributed by atoms with Crippen molar-refractivity contribution in [1.29, 1.82) is 0 Å². The Bertz CT molecular complexity index is 945. The average Bonchev–Trinajstić information content (AvgIpc) is 2.93. The van der Waals surface area contributed by atoms with Crippen LogP contribution in [0.5, 0.6) is 5.75 Å². The summed E-state index contributed by atoms with van der Waals surface area (Å²) in [4.78, 5) is 24.8. The molecule has 1 atom stereocenters. The summed E-state index contributed by atoms with van der Waals surface area (Å²) >= 11 is 0. The SMILES string of the molecule is CCCCCCCCOC(=O)c1ccc(OC(=O)c2ccc(C3OCC(CC(C)CC)CO3)cc2)cc1. The van der Waals surface area contributed by atoms with Crippen LogP contribution in [0.3, 0.4) is 0 Å². The van der Waals surface area contributed by atoms with E-state index in [1.165, 1.54) is 25.7 Å². The molecule has 1 saturated heterocycles. The number of unbranched alkanes of at least 4 members (excludes halogenated alkanes) is 5. The van der Waals surface area contributed by atoms with Crippen molar-refractivity contribution in [3.05, 3.63) is 65.2 Å². The molecule has 2 aromatic rings. The van der Waals surface area contributed by atoms with Crippen LogP contribution in [0.4, 0.5) is 0 Å². The summed E-state index contributed by atoms with van der Waals surface area (Å²) in [6.45, 7) is 8.44. The lowest BCUT2D eigenvalue weighted by Crippen LogP contribution is -2.28. The summed E-state index contributed by atoms with van der Waals surface area (Å²) < 4.78 is 22.7. The van der Waals surface area contributed by atoms with Crippen LogP contribution in [-0.4, -0.2) is 31.8 Å². The number of esters is 2. The Labute approximate surface area is 221 Å². The molecule has 3 rings (SSSR count). The highest BCUT2D eigenvalue weighted by Crippen LogP contribution is 2.28. The minimum absolute atomic E-state index is 0.361. The van der Waals surface area contributed by atoms with Gasteiger partial charge in [0, 0.05) is 11.5 Å². The van der Waals surface area contributed by atoms with Gasteiger partial charge in [0.05, 0.1) is 30.9 Å². The monoisotopic (exact) mass is 510 g/mol.